The van der Waals surface area contributed by atoms with Crippen molar-refractivity contribution in [3.63, 3.8) is 0 Å². The minimum Gasteiger partial charge on any atom is -0.370 e. The largest absolute Gasteiger partial charge is 0.370 e. The van der Waals surface area contributed by atoms with Crippen LogP contribution in [0, 0.1) is 0 Å². The van der Waals surface area contributed by atoms with Gasteiger partial charge in [-0.25, -0.2) is 0 Å². The van der Waals surface area contributed by atoms with Crippen molar-refractivity contribution in [2.24, 2.45) is 0 Å². The molecule has 1 unspecified atom stereocenters. The topological polar surface area (TPSA) is 18.5 Å². The molecule has 1 aromatic rings. The normalized spacial score (nSPS) is 16.4. The molecule has 0 saturated heterocycles. The number of nitrogens with zero attached hydrogens (tertiary/aromatic N) is 2. The highest BCUT2D eigenvalue weighted by atomic mass is 15.2. The second-order valence-electron chi connectivity index (χ2n) is 6.06. The minimum absolute atomic E-state index is 0.447. The zero-order valence-corrected chi connectivity index (χ0v) is 13.4. The van der Waals surface area contributed by atoms with Crippen LogP contribution in [0.3, 0.4) is 0 Å². The number of nitrogens with one attached hydrogen (secondary N) is 1. The van der Waals surface area contributed by atoms with Crippen LogP contribution < -0.4 is 10.2 Å². The Kier molecular flexibility index (Phi) is 5.44. The number of anilines is 1. The maximum Gasteiger partial charge on any atom is 0.0399 e. The van der Waals surface area contributed by atoms with E-state index >= 15 is 0 Å². The summed E-state index contributed by atoms with van der Waals surface area (Å²) in [6.07, 6.45) is 2.50. The van der Waals surface area contributed by atoms with Crippen LogP contribution in [0.4, 0.5) is 5.69 Å². The first-order valence-corrected chi connectivity index (χ1v) is 7.87. The van der Waals surface area contributed by atoms with Gasteiger partial charge in [0.05, 0.1) is 0 Å². The number of hydrogen-bond acceptors (Lipinski definition) is 3. The van der Waals surface area contributed by atoms with Crippen molar-refractivity contribution in [3.05, 3.63) is 29.3 Å². The Morgan fingerprint density at radius 1 is 1.35 bits per heavy atom. The van der Waals surface area contributed by atoms with Gasteiger partial charge in [0.25, 0.3) is 0 Å². The third-order valence-corrected chi connectivity index (χ3v) is 4.15. The predicted octanol–water partition coefficient (Wildman–Crippen LogP) is 2.67. The molecule has 0 aliphatic carbocycles. The predicted molar refractivity (Wildman–Crippen MR) is 87.6 cm³/mol. The Balaban J connectivity index is 2.13. The number of benzene rings is 1. The average molecular weight is 275 g/mol. The van der Waals surface area contributed by atoms with Gasteiger partial charge in [-0.15, -0.1) is 0 Å². The fourth-order valence-electron chi connectivity index (χ4n) is 2.94. The molecular weight excluding hydrogens is 246 g/mol. The summed E-state index contributed by atoms with van der Waals surface area (Å²) in [7, 11) is 4.29. The maximum absolute atomic E-state index is 3.50. The first-order valence-electron chi connectivity index (χ1n) is 7.87. The standard InChI is InChI=1S/C17H29N3/c1-5-18-14(2)15-8-9-17-16(13-15)7-6-10-20(17)12-11-19(3)4/h8-9,13-14,18H,5-7,10-12H2,1-4H3. The molecule has 1 aliphatic heterocycles. The highest BCUT2D eigenvalue weighted by Gasteiger charge is 2.18. The SMILES string of the molecule is CCNC(C)c1ccc2c(c1)CCCN2CCN(C)C. The van der Waals surface area contributed by atoms with Crippen LogP contribution in [0.5, 0.6) is 0 Å². The lowest BCUT2D eigenvalue weighted by Gasteiger charge is -2.33. The van der Waals surface area contributed by atoms with E-state index in [4.69, 9.17) is 0 Å². The van der Waals surface area contributed by atoms with E-state index in [2.05, 4.69) is 61.3 Å². The van der Waals surface area contributed by atoms with Crippen LogP contribution in [-0.2, 0) is 6.42 Å². The minimum atomic E-state index is 0.447. The van der Waals surface area contributed by atoms with Gasteiger partial charge in [0.15, 0.2) is 0 Å². The zero-order chi connectivity index (χ0) is 14.5. The van der Waals surface area contributed by atoms with E-state index in [-0.39, 0.29) is 0 Å². The van der Waals surface area contributed by atoms with Crippen molar-refractivity contribution in [1.82, 2.24) is 10.2 Å². The zero-order valence-electron chi connectivity index (χ0n) is 13.4. The third-order valence-electron chi connectivity index (χ3n) is 4.15. The second-order valence-corrected chi connectivity index (χ2v) is 6.06. The summed E-state index contributed by atoms with van der Waals surface area (Å²) < 4.78 is 0. The number of aryl methyl sites for hydroxylation is 1. The molecule has 0 radical (unpaired) electrons. The molecule has 0 saturated carbocycles. The fraction of sp³-hybridized carbons (Fsp3) is 0.647. The Morgan fingerprint density at radius 3 is 2.85 bits per heavy atom. The molecule has 3 heteroatoms. The number of fused-ring (bicyclic) bond motifs is 1. The molecule has 0 aromatic heterocycles. The van der Waals surface area contributed by atoms with E-state index in [1.54, 1.807) is 0 Å². The van der Waals surface area contributed by atoms with Gasteiger partial charge in [-0.2, -0.15) is 0 Å². The van der Waals surface area contributed by atoms with Gasteiger partial charge in [0.2, 0.25) is 0 Å². The summed E-state index contributed by atoms with van der Waals surface area (Å²) in [4.78, 5) is 4.80. The van der Waals surface area contributed by atoms with Gasteiger partial charge in [-0.1, -0.05) is 19.1 Å². The number of hydrogen-bond donors (Lipinski definition) is 1. The molecule has 1 atom stereocenters. The Morgan fingerprint density at radius 2 is 2.15 bits per heavy atom. The first kappa shape index (κ1) is 15.3. The molecule has 112 valence electrons. The van der Waals surface area contributed by atoms with Gasteiger partial charge >= 0.3 is 0 Å². The van der Waals surface area contributed by atoms with Crippen molar-refractivity contribution in [2.75, 3.05) is 45.2 Å². The number of rotatable bonds is 6. The Hall–Kier alpha value is -1.06. The Labute approximate surface area is 124 Å². The highest BCUT2D eigenvalue weighted by Crippen LogP contribution is 2.29. The van der Waals surface area contributed by atoms with E-state index in [9.17, 15) is 0 Å². The summed E-state index contributed by atoms with van der Waals surface area (Å²) >= 11 is 0. The van der Waals surface area contributed by atoms with Crippen LogP contribution in [0.25, 0.3) is 0 Å². The first-order chi connectivity index (χ1) is 9.61. The summed E-state index contributed by atoms with van der Waals surface area (Å²) in [6, 6.07) is 7.47. The molecule has 1 aromatic carbocycles. The molecule has 1 N–H and O–H groups in total. The summed E-state index contributed by atoms with van der Waals surface area (Å²) in [6.45, 7) is 8.88. The molecule has 0 spiro atoms. The smallest absolute Gasteiger partial charge is 0.0399 e. The third kappa shape index (κ3) is 3.74. The summed E-state index contributed by atoms with van der Waals surface area (Å²) in [5.74, 6) is 0. The average Bonchev–Trinajstić information content (AvgIpc) is 2.44. The monoisotopic (exact) mass is 275 g/mol. The van der Waals surface area contributed by atoms with Crippen LogP contribution in [0.1, 0.15) is 37.4 Å². The van der Waals surface area contributed by atoms with E-state index in [0.717, 1.165) is 19.6 Å². The van der Waals surface area contributed by atoms with Crippen molar-refractivity contribution in [1.29, 1.82) is 0 Å². The summed E-state index contributed by atoms with van der Waals surface area (Å²) in [5, 5.41) is 3.50. The lowest BCUT2D eigenvalue weighted by Crippen LogP contribution is -2.35. The van der Waals surface area contributed by atoms with Gasteiger partial charge in [0.1, 0.15) is 0 Å². The Bertz CT molecular complexity index is 428. The highest BCUT2D eigenvalue weighted by molar-refractivity contribution is 5.57. The van der Waals surface area contributed by atoms with Crippen molar-refractivity contribution < 1.29 is 0 Å². The molecule has 0 fully saturated rings. The summed E-state index contributed by atoms with van der Waals surface area (Å²) in [5.41, 5.74) is 4.39. The molecular formula is C17H29N3. The van der Waals surface area contributed by atoms with Crippen LogP contribution in [0.15, 0.2) is 18.2 Å². The van der Waals surface area contributed by atoms with Crippen LogP contribution in [-0.4, -0.2) is 45.2 Å². The van der Waals surface area contributed by atoms with Crippen LogP contribution in [0.2, 0.25) is 0 Å². The van der Waals surface area contributed by atoms with E-state index < -0.39 is 0 Å². The molecule has 1 heterocycles. The number of likely N-dealkylation sites (N-methyl/N-ethyl adjacent to an activating group) is 1. The fourth-order valence-corrected chi connectivity index (χ4v) is 2.94. The van der Waals surface area contributed by atoms with Gasteiger partial charge in [0, 0.05) is 31.4 Å². The van der Waals surface area contributed by atoms with Crippen molar-refractivity contribution in [3.8, 4) is 0 Å². The van der Waals surface area contributed by atoms with Gasteiger partial charge < -0.3 is 15.1 Å². The molecule has 1 aliphatic rings. The lowest BCUT2D eigenvalue weighted by atomic mass is 9.97. The molecule has 20 heavy (non-hydrogen) atoms. The molecule has 3 nitrogen and oxygen atoms in total. The van der Waals surface area contributed by atoms with Gasteiger partial charge in [-0.3, -0.25) is 0 Å². The quantitative estimate of drug-likeness (QED) is 0.861. The van der Waals surface area contributed by atoms with E-state index in [1.807, 2.05) is 0 Å². The van der Waals surface area contributed by atoms with E-state index in [0.29, 0.717) is 6.04 Å². The second kappa shape index (κ2) is 7.09. The molecule has 2 rings (SSSR count). The lowest BCUT2D eigenvalue weighted by molar-refractivity contribution is 0.411. The molecule has 0 bridgehead atoms. The maximum atomic E-state index is 3.50. The van der Waals surface area contributed by atoms with Crippen molar-refractivity contribution in [2.45, 2.75) is 32.7 Å². The van der Waals surface area contributed by atoms with Crippen molar-refractivity contribution >= 4 is 5.69 Å². The van der Waals surface area contributed by atoms with Crippen LogP contribution >= 0.6 is 0 Å². The molecule has 0 amide bonds. The van der Waals surface area contributed by atoms with E-state index in [1.165, 1.54) is 36.2 Å². The van der Waals surface area contributed by atoms with Gasteiger partial charge in [-0.05, 0) is 57.6 Å².